The van der Waals surface area contributed by atoms with Gasteiger partial charge in [0.05, 0.1) is 5.52 Å². The molecule has 2 heterocycles. The molecule has 1 aromatic carbocycles. The van der Waals surface area contributed by atoms with Gasteiger partial charge in [-0.25, -0.2) is 14.6 Å². The van der Waals surface area contributed by atoms with E-state index in [1.54, 1.807) is 41.5 Å². The fraction of sp³-hybridized carbons (Fsp3) is 0.500. The summed E-state index contributed by atoms with van der Waals surface area (Å²) in [6.45, 7) is 13.2. The van der Waals surface area contributed by atoms with Crippen molar-refractivity contribution in [2.45, 2.75) is 91.9 Å². The number of hydrogen-bond donors (Lipinski definition) is 0. The van der Waals surface area contributed by atoms with Crippen molar-refractivity contribution in [2.24, 2.45) is 0 Å². The lowest BCUT2D eigenvalue weighted by Gasteiger charge is -2.28. The zero-order valence-electron chi connectivity index (χ0n) is 22.3. The number of aromatic nitrogens is 3. The van der Waals surface area contributed by atoms with Gasteiger partial charge < -0.3 is 9.47 Å². The standard InChI is InChI=1S/C28H36N4O4/c1-9-11-12-17-21-22-19-15-13-14-16-20(19)29-24(23(22)30-31(21)18-10-2)32(25(33)35-27(3,4)5)26(34)36-28(6,7)8/h1,13-16H,10-12,17-18H2,2-8H3. The van der Waals surface area contributed by atoms with Gasteiger partial charge in [-0.05, 0) is 66.9 Å². The molecule has 0 radical (unpaired) electrons. The highest BCUT2D eigenvalue weighted by molar-refractivity contribution is 6.18. The molecule has 0 bridgehead atoms. The Morgan fingerprint density at radius 1 is 1.06 bits per heavy atom. The van der Waals surface area contributed by atoms with Gasteiger partial charge in [0.15, 0.2) is 5.82 Å². The first-order valence-corrected chi connectivity index (χ1v) is 12.3. The number of para-hydroxylation sites is 1. The largest absolute Gasteiger partial charge is 0.443 e. The van der Waals surface area contributed by atoms with Crippen LogP contribution < -0.4 is 4.90 Å². The highest BCUT2D eigenvalue weighted by atomic mass is 16.6. The third-order valence-electron chi connectivity index (χ3n) is 5.20. The van der Waals surface area contributed by atoms with Crippen LogP contribution in [0, 0.1) is 12.3 Å². The number of terminal acetylenes is 1. The predicted molar refractivity (Wildman–Crippen MR) is 142 cm³/mol. The molecule has 2 aromatic heterocycles. The molecule has 0 aliphatic carbocycles. The second kappa shape index (κ2) is 10.6. The lowest BCUT2D eigenvalue weighted by atomic mass is 10.0. The van der Waals surface area contributed by atoms with Gasteiger partial charge in [0.2, 0.25) is 0 Å². The summed E-state index contributed by atoms with van der Waals surface area (Å²) in [5, 5.41) is 6.59. The van der Waals surface area contributed by atoms with Crippen molar-refractivity contribution in [3.05, 3.63) is 30.0 Å². The maximum Gasteiger partial charge on any atom is 0.425 e. The molecule has 0 saturated heterocycles. The van der Waals surface area contributed by atoms with Crippen LogP contribution in [0.25, 0.3) is 21.8 Å². The van der Waals surface area contributed by atoms with Crippen molar-refractivity contribution in [1.29, 1.82) is 0 Å². The number of aryl methyl sites for hydroxylation is 2. The van der Waals surface area contributed by atoms with Gasteiger partial charge in [-0.2, -0.15) is 10.00 Å². The van der Waals surface area contributed by atoms with Crippen molar-refractivity contribution >= 4 is 39.8 Å². The number of hydrogen-bond acceptors (Lipinski definition) is 6. The number of unbranched alkanes of at least 4 members (excludes halogenated alkanes) is 1. The molecule has 36 heavy (non-hydrogen) atoms. The minimum absolute atomic E-state index is 0.0836. The smallest absolute Gasteiger partial charge is 0.425 e. The van der Waals surface area contributed by atoms with Crippen molar-refractivity contribution < 1.29 is 19.1 Å². The van der Waals surface area contributed by atoms with Crippen molar-refractivity contribution in [1.82, 2.24) is 14.8 Å². The van der Waals surface area contributed by atoms with E-state index in [9.17, 15) is 9.59 Å². The van der Waals surface area contributed by atoms with Crippen molar-refractivity contribution in [3.63, 3.8) is 0 Å². The van der Waals surface area contributed by atoms with Crippen LogP contribution in [0.15, 0.2) is 24.3 Å². The Balaban J connectivity index is 2.34. The average molecular weight is 493 g/mol. The highest BCUT2D eigenvalue weighted by Gasteiger charge is 2.36. The number of fused-ring (bicyclic) bond motifs is 3. The lowest BCUT2D eigenvalue weighted by Crippen LogP contribution is -2.44. The topological polar surface area (TPSA) is 86.6 Å². The van der Waals surface area contributed by atoms with Crippen LogP contribution in [0.5, 0.6) is 0 Å². The molecule has 192 valence electrons. The van der Waals surface area contributed by atoms with Crippen molar-refractivity contribution in [2.75, 3.05) is 4.90 Å². The van der Waals surface area contributed by atoms with Crippen LogP contribution in [0.4, 0.5) is 15.4 Å². The van der Waals surface area contributed by atoms with E-state index < -0.39 is 23.4 Å². The van der Waals surface area contributed by atoms with E-state index in [4.69, 9.17) is 26.0 Å². The maximum absolute atomic E-state index is 13.4. The first kappa shape index (κ1) is 27.0. The van der Waals surface area contributed by atoms with Crippen LogP contribution >= 0.6 is 0 Å². The maximum atomic E-state index is 13.4. The summed E-state index contributed by atoms with van der Waals surface area (Å²) in [5.74, 6) is 2.78. The molecule has 0 atom stereocenters. The Morgan fingerprint density at radius 3 is 2.22 bits per heavy atom. The molecule has 3 rings (SSSR count). The molecule has 0 saturated carbocycles. The summed E-state index contributed by atoms with van der Waals surface area (Å²) in [4.78, 5) is 32.4. The molecule has 0 aliphatic rings. The summed E-state index contributed by atoms with van der Waals surface area (Å²) in [6.07, 6.45) is 6.74. The zero-order chi connectivity index (χ0) is 26.7. The number of carbonyl (C=O) groups excluding carboxylic acids is 2. The molecule has 0 spiro atoms. The number of ether oxygens (including phenoxy) is 2. The summed E-state index contributed by atoms with van der Waals surface area (Å²) in [6, 6.07) is 7.63. The quantitative estimate of drug-likeness (QED) is 0.284. The third-order valence-corrected chi connectivity index (χ3v) is 5.20. The molecule has 0 aliphatic heterocycles. The number of amides is 2. The van der Waals surface area contributed by atoms with E-state index in [-0.39, 0.29) is 5.82 Å². The molecule has 8 nitrogen and oxygen atoms in total. The molecular formula is C28H36N4O4. The Kier molecular flexibility index (Phi) is 7.92. The van der Waals surface area contributed by atoms with Crippen LogP contribution in [-0.2, 0) is 22.4 Å². The fourth-order valence-corrected chi connectivity index (χ4v) is 3.91. The van der Waals surface area contributed by atoms with Gasteiger partial charge in [0.25, 0.3) is 0 Å². The number of carbonyl (C=O) groups is 2. The molecule has 0 fully saturated rings. The highest BCUT2D eigenvalue weighted by Crippen LogP contribution is 2.35. The Morgan fingerprint density at radius 2 is 1.67 bits per heavy atom. The van der Waals surface area contributed by atoms with Gasteiger partial charge in [0.1, 0.15) is 16.7 Å². The number of imide groups is 1. The minimum Gasteiger partial charge on any atom is -0.443 e. The Hall–Kier alpha value is -3.60. The molecule has 0 unspecified atom stereocenters. The fourth-order valence-electron chi connectivity index (χ4n) is 3.91. The molecule has 8 heteroatoms. The van der Waals surface area contributed by atoms with E-state index in [1.165, 1.54) is 0 Å². The van der Waals surface area contributed by atoms with E-state index in [0.717, 1.165) is 34.2 Å². The summed E-state index contributed by atoms with van der Waals surface area (Å²) in [7, 11) is 0. The van der Waals surface area contributed by atoms with Gasteiger partial charge in [-0.3, -0.25) is 4.68 Å². The monoisotopic (exact) mass is 492 g/mol. The van der Waals surface area contributed by atoms with E-state index in [2.05, 4.69) is 12.8 Å². The molecule has 0 N–H and O–H groups in total. The normalized spacial score (nSPS) is 11.9. The third kappa shape index (κ3) is 6.14. The van der Waals surface area contributed by atoms with E-state index in [1.807, 2.05) is 28.9 Å². The summed E-state index contributed by atoms with van der Waals surface area (Å²) in [5.41, 5.74) is 0.390. The van der Waals surface area contributed by atoms with Crippen LogP contribution in [0.2, 0.25) is 0 Å². The number of anilines is 1. The second-order valence-corrected chi connectivity index (χ2v) is 10.7. The number of pyridine rings is 1. The lowest BCUT2D eigenvalue weighted by molar-refractivity contribution is 0.0429. The SMILES string of the molecule is C#CCCCc1c2c(nn1CCC)c(N(C(=O)OC(C)(C)C)C(=O)OC(C)(C)C)nc1ccccc12. The van der Waals surface area contributed by atoms with Gasteiger partial charge in [-0.1, -0.05) is 25.1 Å². The van der Waals surface area contributed by atoms with E-state index >= 15 is 0 Å². The Labute approximate surface area is 212 Å². The van der Waals surface area contributed by atoms with Gasteiger partial charge >= 0.3 is 12.2 Å². The van der Waals surface area contributed by atoms with Crippen LogP contribution in [0.3, 0.4) is 0 Å². The molecular weight excluding hydrogens is 456 g/mol. The van der Waals surface area contributed by atoms with E-state index in [0.29, 0.717) is 30.4 Å². The number of benzene rings is 1. The van der Waals surface area contributed by atoms with Gasteiger partial charge in [-0.15, -0.1) is 12.3 Å². The molecule has 3 aromatic rings. The second-order valence-electron chi connectivity index (χ2n) is 10.7. The van der Waals surface area contributed by atoms with Crippen molar-refractivity contribution in [3.8, 4) is 12.3 Å². The van der Waals surface area contributed by atoms with Gasteiger partial charge in [0, 0.05) is 29.4 Å². The van der Waals surface area contributed by atoms with Crippen LogP contribution in [0.1, 0.15) is 73.4 Å². The number of nitrogens with zero attached hydrogens (tertiary/aromatic N) is 4. The zero-order valence-corrected chi connectivity index (χ0v) is 22.3. The Bertz CT molecular complexity index is 1280. The predicted octanol–water partition coefficient (Wildman–Crippen LogP) is 6.63. The summed E-state index contributed by atoms with van der Waals surface area (Å²) < 4.78 is 13.1. The number of rotatable bonds is 6. The first-order valence-electron chi connectivity index (χ1n) is 12.3. The minimum atomic E-state index is -0.875. The van der Waals surface area contributed by atoms with Crippen LogP contribution in [-0.4, -0.2) is 38.2 Å². The average Bonchev–Trinajstić information content (AvgIpc) is 3.10. The molecule has 2 amide bonds. The summed E-state index contributed by atoms with van der Waals surface area (Å²) >= 11 is 0. The first-order chi connectivity index (χ1) is 16.9.